The number of nitrogens with zero attached hydrogens (tertiary/aromatic N) is 2. The third-order valence-corrected chi connectivity index (χ3v) is 2.30. The molecule has 0 amide bonds. The molecule has 20 heavy (non-hydrogen) atoms. The molecule has 0 saturated carbocycles. The summed E-state index contributed by atoms with van der Waals surface area (Å²) in [6.07, 6.45) is 0.853. The van der Waals surface area contributed by atoms with E-state index in [4.69, 9.17) is 5.26 Å². The van der Waals surface area contributed by atoms with Crippen LogP contribution in [0.2, 0.25) is 0 Å². The molecule has 1 aromatic heterocycles. The Morgan fingerprint density at radius 1 is 1.25 bits per heavy atom. The molecule has 0 aromatic carbocycles. The molecule has 4 heteroatoms. The second kappa shape index (κ2) is 11.4. The summed E-state index contributed by atoms with van der Waals surface area (Å²) in [4.78, 5) is 4.31. The fourth-order valence-corrected chi connectivity index (χ4v) is 1.39. The Kier molecular flexibility index (Phi) is 11.9. The molecule has 0 atom stereocenters. The maximum Gasteiger partial charge on any atom is 0.143 e. The predicted octanol–water partition coefficient (Wildman–Crippen LogP) is 2.79. The van der Waals surface area contributed by atoms with Gasteiger partial charge in [-0.1, -0.05) is 19.9 Å². The van der Waals surface area contributed by atoms with Gasteiger partial charge in [-0.15, -0.1) is 0 Å². The molecule has 0 aliphatic rings. The average molecular weight is 278 g/mol. The third kappa shape index (κ3) is 9.48. The fraction of sp³-hybridized carbons (Fsp3) is 0.625. The molecule has 0 unspecified atom stereocenters. The number of nitrogens with one attached hydrogen (secondary N) is 1. The first-order valence-corrected chi connectivity index (χ1v) is 7.12. The number of nitrogens with two attached hydrogens (primary N) is 1. The molecule has 1 rings (SSSR count). The van der Waals surface area contributed by atoms with Crippen LogP contribution in [0.1, 0.15) is 51.6 Å². The molecule has 0 aliphatic carbocycles. The fourth-order valence-electron chi connectivity index (χ4n) is 1.39. The van der Waals surface area contributed by atoms with Gasteiger partial charge in [-0.2, -0.15) is 5.26 Å². The van der Waals surface area contributed by atoms with E-state index < -0.39 is 0 Å². The normalized spacial score (nSPS) is 9.55. The summed E-state index contributed by atoms with van der Waals surface area (Å²) in [6.45, 7) is 13.2. The summed E-state index contributed by atoms with van der Waals surface area (Å²) in [6, 6.07) is 6.05. The van der Waals surface area contributed by atoms with Crippen LogP contribution in [0.4, 0.5) is 0 Å². The first kappa shape index (κ1) is 20.9. The average Bonchev–Trinajstić information content (AvgIpc) is 2.44. The van der Waals surface area contributed by atoms with E-state index in [1.807, 2.05) is 32.9 Å². The van der Waals surface area contributed by atoms with E-state index in [0.29, 0.717) is 5.69 Å². The molecular weight excluding hydrogens is 248 g/mol. The van der Waals surface area contributed by atoms with Gasteiger partial charge >= 0.3 is 0 Å². The minimum absolute atomic E-state index is 0.128. The summed E-state index contributed by atoms with van der Waals surface area (Å²) in [7, 11) is 1.50. The molecule has 0 bridgehead atoms. The zero-order valence-electron chi connectivity index (χ0n) is 14.0. The molecule has 0 aliphatic heterocycles. The minimum Gasteiger partial charge on any atom is -0.333 e. The maximum atomic E-state index is 8.87. The lowest BCUT2D eigenvalue weighted by atomic mass is 10.1. The summed E-state index contributed by atoms with van der Waals surface area (Å²) < 4.78 is 0. The molecule has 3 N–H and O–H groups in total. The van der Waals surface area contributed by atoms with E-state index >= 15 is 0 Å². The Labute approximate surface area is 124 Å². The van der Waals surface area contributed by atoms with Crippen LogP contribution in [-0.2, 0) is 6.42 Å². The lowest BCUT2D eigenvalue weighted by Gasteiger charge is -2.20. The highest BCUT2D eigenvalue weighted by atomic mass is 14.9. The van der Waals surface area contributed by atoms with Gasteiger partial charge in [0.05, 0.1) is 0 Å². The van der Waals surface area contributed by atoms with Crippen LogP contribution in [0.25, 0.3) is 0 Å². The van der Waals surface area contributed by atoms with Crippen molar-refractivity contribution in [1.82, 2.24) is 10.3 Å². The van der Waals surface area contributed by atoms with Gasteiger partial charge in [0, 0.05) is 24.2 Å². The Hall–Kier alpha value is -1.44. The van der Waals surface area contributed by atoms with Gasteiger partial charge in [0.25, 0.3) is 0 Å². The minimum atomic E-state index is 0.128. The van der Waals surface area contributed by atoms with Crippen LogP contribution in [0.3, 0.4) is 0 Å². The molecular formula is C16H30N4. The number of pyridine rings is 1. The van der Waals surface area contributed by atoms with Crippen molar-refractivity contribution in [2.45, 2.75) is 53.5 Å². The number of aromatic nitrogens is 1. The number of hydrogen-bond acceptors (Lipinski definition) is 4. The van der Waals surface area contributed by atoms with Crippen molar-refractivity contribution in [1.29, 1.82) is 5.26 Å². The van der Waals surface area contributed by atoms with Gasteiger partial charge < -0.3 is 11.1 Å². The molecule has 0 saturated heterocycles. The number of hydrogen-bond donors (Lipinski definition) is 2. The number of nitriles is 1. The van der Waals surface area contributed by atoms with Crippen molar-refractivity contribution < 1.29 is 0 Å². The first-order chi connectivity index (χ1) is 9.42. The molecule has 1 aromatic rings. The Morgan fingerprint density at radius 3 is 2.25 bits per heavy atom. The second-order valence-corrected chi connectivity index (χ2v) is 5.01. The van der Waals surface area contributed by atoms with Crippen LogP contribution in [0.5, 0.6) is 0 Å². The predicted molar refractivity (Wildman–Crippen MR) is 86.6 cm³/mol. The molecule has 4 nitrogen and oxygen atoms in total. The first-order valence-electron chi connectivity index (χ1n) is 7.12. The van der Waals surface area contributed by atoms with E-state index in [9.17, 15) is 0 Å². The Morgan fingerprint density at radius 2 is 1.80 bits per heavy atom. The van der Waals surface area contributed by atoms with Gasteiger partial charge in [0.15, 0.2) is 0 Å². The van der Waals surface area contributed by atoms with E-state index in [2.05, 4.69) is 42.9 Å². The van der Waals surface area contributed by atoms with Crippen molar-refractivity contribution in [2.75, 3.05) is 13.6 Å². The lowest BCUT2D eigenvalue weighted by molar-refractivity contribution is 0.428. The Bertz CT molecular complexity index is 400. The standard InChI is InChI=1S/C13H19N3.C2H6.CH5N/c1-10-5-6-11(16-12(10)9-14)7-8-15-13(2,3)4;2*1-2/h5-6,15H,7-8H2,1-4H3;1-2H3;2H2,1H3. The van der Waals surface area contributed by atoms with Crippen molar-refractivity contribution in [3.63, 3.8) is 0 Å². The van der Waals surface area contributed by atoms with Crippen LogP contribution in [0, 0.1) is 18.3 Å². The highest BCUT2D eigenvalue weighted by Gasteiger charge is 2.08. The van der Waals surface area contributed by atoms with E-state index in [0.717, 1.165) is 24.2 Å². The van der Waals surface area contributed by atoms with E-state index in [1.54, 1.807) is 0 Å². The summed E-state index contributed by atoms with van der Waals surface area (Å²) in [5.41, 5.74) is 7.07. The molecule has 0 spiro atoms. The van der Waals surface area contributed by atoms with Crippen LogP contribution in [0.15, 0.2) is 12.1 Å². The SMILES string of the molecule is CC.CN.Cc1ccc(CCNC(C)(C)C)nc1C#N. The largest absolute Gasteiger partial charge is 0.333 e. The molecule has 0 fully saturated rings. The smallest absolute Gasteiger partial charge is 0.143 e. The van der Waals surface area contributed by atoms with E-state index in [-0.39, 0.29) is 5.54 Å². The molecule has 114 valence electrons. The number of rotatable bonds is 3. The second-order valence-electron chi connectivity index (χ2n) is 5.01. The highest BCUT2D eigenvalue weighted by molar-refractivity contribution is 5.31. The lowest BCUT2D eigenvalue weighted by Crippen LogP contribution is -2.37. The summed E-state index contributed by atoms with van der Waals surface area (Å²) in [5.74, 6) is 0. The van der Waals surface area contributed by atoms with Crippen molar-refractivity contribution in [2.24, 2.45) is 5.73 Å². The van der Waals surface area contributed by atoms with Crippen LogP contribution in [-0.4, -0.2) is 24.1 Å². The van der Waals surface area contributed by atoms with Gasteiger partial charge in [-0.25, -0.2) is 4.98 Å². The summed E-state index contributed by atoms with van der Waals surface area (Å²) >= 11 is 0. The van der Waals surface area contributed by atoms with Crippen molar-refractivity contribution in [3.05, 3.63) is 29.1 Å². The van der Waals surface area contributed by atoms with Crippen molar-refractivity contribution >= 4 is 0 Å². The van der Waals surface area contributed by atoms with Crippen molar-refractivity contribution in [3.8, 4) is 6.07 Å². The molecule has 1 heterocycles. The van der Waals surface area contributed by atoms with Gasteiger partial charge in [0.1, 0.15) is 11.8 Å². The van der Waals surface area contributed by atoms with Gasteiger partial charge in [-0.05, 0) is 46.4 Å². The zero-order chi connectivity index (χ0) is 16.2. The maximum absolute atomic E-state index is 8.87. The molecule has 0 radical (unpaired) electrons. The quantitative estimate of drug-likeness (QED) is 0.891. The topological polar surface area (TPSA) is 74.7 Å². The number of aryl methyl sites for hydroxylation is 1. The van der Waals surface area contributed by atoms with Crippen LogP contribution >= 0.6 is 0 Å². The monoisotopic (exact) mass is 278 g/mol. The van der Waals surface area contributed by atoms with Gasteiger partial charge in [0.2, 0.25) is 0 Å². The third-order valence-electron chi connectivity index (χ3n) is 2.30. The Balaban J connectivity index is 0. The highest BCUT2D eigenvalue weighted by Crippen LogP contribution is 2.06. The van der Waals surface area contributed by atoms with E-state index in [1.165, 1.54) is 7.05 Å². The zero-order valence-corrected chi connectivity index (χ0v) is 14.0. The summed E-state index contributed by atoms with van der Waals surface area (Å²) in [5, 5.41) is 12.3. The van der Waals surface area contributed by atoms with Crippen LogP contribution < -0.4 is 11.1 Å². The van der Waals surface area contributed by atoms with Gasteiger partial charge in [-0.3, -0.25) is 0 Å².